The van der Waals surface area contributed by atoms with Crippen molar-refractivity contribution in [3.8, 4) is 34.3 Å². The van der Waals surface area contributed by atoms with Crippen LogP contribution in [0.3, 0.4) is 0 Å². The van der Waals surface area contributed by atoms with Crippen molar-refractivity contribution in [3.63, 3.8) is 0 Å². The van der Waals surface area contributed by atoms with Gasteiger partial charge in [0.2, 0.25) is 11.7 Å². The van der Waals surface area contributed by atoms with Crippen LogP contribution in [0.15, 0.2) is 64.0 Å². The minimum Gasteiger partial charge on any atom is -0.495 e. The van der Waals surface area contributed by atoms with Crippen LogP contribution in [-0.4, -0.2) is 34.8 Å². The number of carbonyl (C=O) groups is 1. The molecule has 0 saturated heterocycles. The van der Waals surface area contributed by atoms with Gasteiger partial charge >= 0.3 is 0 Å². The van der Waals surface area contributed by atoms with Crippen molar-refractivity contribution in [1.82, 2.24) is 14.7 Å². The number of aromatic nitrogens is 3. The molecule has 0 fully saturated rings. The molecule has 0 atom stereocenters. The van der Waals surface area contributed by atoms with E-state index in [0.29, 0.717) is 33.6 Å². The topological polar surface area (TPSA) is 108 Å². The Morgan fingerprint density at radius 2 is 1.88 bits per heavy atom. The van der Waals surface area contributed by atoms with E-state index in [1.54, 1.807) is 12.1 Å². The molecule has 2 aromatic carbocycles. The maximum absolute atomic E-state index is 12.7. The fourth-order valence-corrected chi connectivity index (χ4v) is 3.57. The first kappa shape index (κ1) is 23.1. The second-order valence-corrected chi connectivity index (χ2v) is 7.82. The first-order valence-electron chi connectivity index (χ1n) is 10.2. The van der Waals surface area contributed by atoms with Crippen LogP contribution in [0.1, 0.15) is 5.56 Å². The van der Waals surface area contributed by atoms with E-state index in [9.17, 15) is 9.59 Å². The van der Waals surface area contributed by atoms with Crippen molar-refractivity contribution >= 4 is 23.2 Å². The van der Waals surface area contributed by atoms with Gasteiger partial charge in [-0.05, 0) is 25.1 Å². The Morgan fingerprint density at radius 3 is 2.62 bits per heavy atom. The lowest BCUT2D eigenvalue weighted by Crippen LogP contribution is -2.27. The summed E-state index contributed by atoms with van der Waals surface area (Å²) < 4.78 is 17.1. The monoisotopic (exact) mass is 480 g/mol. The third kappa shape index (κ3) is 4.94. The average Bonchev–Trinajstić information content (AvgIpc) is 3.31. The highest BCUT2D eigenvalue weighted by atomic mass is 35.5. The number of aryl methyl sites for hydroxylation is 1. The summed E-state index contributed by atoms with van der Waals surface area (Å²) in [6, 6.07) is 13.7. The van der Waals surface area contributed by atoms with Crippen LogP contribution in [0.2, 0.25) is 5.02 Å². The van der Waals surface area contributed by atoms with Crippen molar-refractivity contribution < 1.29 is 18.8 Å². The largest absolute Gasteiger partial charge is 0.495 e. The van der Waals surface area contributed by atoms with Gasteiger partial charge in [-0.15, -0.1) is 0 Å². The number of anilines is 1. The maximum atomic E-state index is 12.7. The smallest absolute Gasteiger partial charge is 0.259 e. The van der Waals surface area contributed by atoms with E-state index in [-0.39, 0.29) is 18.0 Å². The Bertz CT molecular complexity index is 1410. The van der Waals surface area contributed by atoms with E-state index < -0.39 is 5.91 Å². The van der Waals surface area contributed by atoms with Crippen LogP contribution < -0.4 is 20.3 Å². The van der Waals surface area contributed by atoms with E-state index in [1.807, 2.05) is 31.2 Å². The lowest BCUT2D eigenvalue weighted by Gasteiger charge is -2.13. The number of carbonyl (C=O) groups excluding carboxylic acids is 1. The average molecular weight is 481 g/mol. The Labute approximate surface area is 199 Å². The Hall–Kier alpha value is -4.11. The molecule has 10 heteroatoms. The quantitative estimate of drug-likeness (QED) is 0.422. The standard InChI is InChI=1S/C24H21ClN4O5/c1-14-5-4-6-15(9-14)23-27-24(34-28-23)16-7-8-22(31)29(12-16)13-21(30)26-18-10-17(25)19(32-2)11-20(18)33-3/h4-12H,13H2,1-3H3,(H,26,30). The molecule has 0 spiro atoms. The number of nitrogens with one attached hydrogen (secondary N) is 1. The number of pyridine rings is 1. The van der Waals surface area contributed by atoms with E-state index in [4.69, 9.17) is 25.6 Å². The molecule has 0 radical (unpaired) electrons. The normalized spacial score (nSPS) is 10.7. The number of rotatable bonds is 7. The number of nitrogens with zero attached hydrogens (tertiary/aromatic N) is 3. The van der Waals surface area contributed by atoms with Crippen LogP contribution in [0.5, 0.6) is 11.5 Å². The highest BCUT2D eigenvalue weighted by molar-refractivity contribution is 6.32. The molecule has 0 aliphatic heterocycles. The first-order chi connectivity index (χ1) is 16.4. The van der Waals surface area contributed by atoms with Crippen LogP contribution >= 0.6 is 11.6 Å². The van der Waals surface area contributed by atoms with Crippen LogP contribution in [0.4, 0.5) is 5.69 Å². The Balaban J connectivity index is 1.55. The minimum absolute atomic E-state index is 0.231. The van der Waals surface area contributed by atoms with Gasteiger partial charge in [-0.2, -0.15) is 4.98 Å². The van der Waals surface area contributed by atoms with E-state index in [1.165, 1.54) is 37.1 Å². The van der Waals surface area contributed by atoms with Gasteiger partial charge in [0.1, 0.15) is 18.0 Å². The molecule has 174 valence electrons. The highest BCUT2D eigenvalue weighted by Gasteiger charge is 2.15. The number of hydrogen-bond acceptors (Lipinski definition) is 7. The molecule has 9 nitrogen and oxygen atoms in total. The second-order valence-electron chi connectivity index (χ2n) is 7.41. The zero-order chi connectivity index (χ0) is 24.2. The third-order valence-corrected chi connectivity index (χ3v) is 5.29. The molecule has 0 saturated carbocycles. The lowest BCUT2D eigenvalue weighted by atomic mass is 10.1. The van der Waals surface area contributed by atoms with Crippen LogP contribution in [0.25, 0.3) is 22.8 Å². The van der Waals surface area contributed by atoms with E-state index in [0.717, 1.165) is 11.1 Å². The van der Waals surface area contributed by atoms with Crippen LogP contribution in [-0.2, 0) is 11.3 Å². The van der Waals surface area contributed by atoms with Crippen molar-refractivity contribution in [2.75, 3.05) is 19.5 Å². The molecule has 34 heavy (non-hydrogen) atoms. The summed E-state index contributed by atoms with van der Waals surface area (Å²) in [6.45, 7) is 1.72. The maximum Gasteiger partial charge on any atom is 0.259 e. The van der Waals surface area contributed by atoms with Gasteiger partial charge in [0.25, 0.3) is 11.4 Å². The molecular formula is C24H21ClN4O5. The molecule has 0 aliphatic carbocycles. The van der Waals surface area contributed by atoms with E-state index >= 15 is 0 Å². The molecule has 0 bridgehead atoms. The number of ether oxygens (including phenoxy) is 2. The summed E-state index contributed by atoms with van der Waals surface area (Å²) in [6.07, 6.45) is 1.49. The predicted octanol–water partition coefficient (Wildman–Crippen LogP) is 4.18. The fourth-order valence-electron chi connectivity index (χ4n) is 3.33. The molecule has 1 N–H and O–H groups in total. The Kier molecular flexibility index (Phi) is 6.65. The summed E-state index contributed by atoms with van der Waals surface area (Å²) >= 11 is 6.16. The van der Waals surface area contributed by atoms with Gasteiger partial charge in [0.05, 0.1) is 30.5 Å². The minimum atomic E-state index is -0.454. The Morgan fingerprint density at radius 1 is 1.09 bits per heavy atom. The van der Waals surface area contributed by atoms with Crippen LogP contribution in [0, 0.1) is 6.92 Å². The van der Waals surface area contributed by atoms with Gasteiger partial charge in [-0.3, -0.25) is 9.59 Å². The van der Waals surface area contributed by atoms with Gasteiger partial charge in [-0.1, -0.05) is 40.5 Å². The van der Waals surface area contributed by atoms with Crippen molar-refractivity contribution in [2.24, 2.45) is 0 Å². The summed E-state index contributed by atoms with van der Waals surface area (Å²) in [7, 11) is 2.94. The molecule has 1 amide bonds. The number of methoxy groups -OCH3 is 2. The summed E-state index contributed by atoms with van der Waals surface area (Å²) in [5, 5.41) is 7.03. The summed E-state index contributed by atoms with van der Waals surface area (Å²) in [5.41, 5.74) is 2.37. The van der Waals surface area contributed by atoms with Crippen molar-refractivity contribution in [2.45, 2.75) is 13.5 Å². The van der Waals surface area contributed by atoms with E-state index in [2.05, 4.69) is 15.5 Å². The third-order valence-electron chi connectivity index (χ3n) is 4.99. The zero-order valence-electron chi connectivity index (χ0n) is 18.7. The zero-order valence-corrected chi connectivity index (χ0v) is 19.4. The molecule has 0 unspecified atom stereocenters. The molecule has 4 rings (SSSR count). The second kappa shape index (κ2) is 9.80. The number of amides is 1. The van der Waals surface area contributed by atoms with Gasteiger partial charge in [0, 0.05) is 23.9 Å². The SMILES string of the molecule is COc1cc(OC)c(NC(=O)Cn2cc(-c3nc(-c4cccc(C)c4)no3)ccc2=O)cc1Cl. The van der Waals surface area contributed by atoms with Crippen molar-refractivity contribution in [3.05, 3.63) is 75.7 Å². The highest BCUT2D eigenvalue weighted by Crippen LogP contribution is 2.35. The molecule has 2 aromatic heterocycles. The number of benzene rings is 2. The van der Waals surface area contributed by atoms with Gasteiger partial charge in [-0.25, -0.2) is 0 Å². The molecular weight excluding hydrogens is 460 g/mol. The number of hydrogen-bond donors (Lipinski definition) is 1. The number of halogens is 1. The summed E-state index contributed by atoms with van der Waals surface area (Å²) in [5.74, 6) is 0.979. The van der Waals surface area contributed by atoms with Gasteiger partial charge in [0.15, 0.2) is 0 Å². The molecule has 2 heterocycles. The first-order valence-corrected chi connectivity index (χ1v) is 10.6. The van der Waals surface area contributed by atoms with Gasteiger partial charge < -0.3 is 23.9 Å². The lowest BCUT2D eigenvalue weighted by molar-refractivity contribution is -0.116. The molecule has 0 aliphatic rings. The molecule has 4 aromatic rings. The predicted molar refractivity (Wildman–Crippen MR) is 127 cm³/mol. The van der Waals surface area contributed by atoms with Crippen molar-refractivity contribution in [1.29, 1.82) is 0 Å². The summed E-state index contributed by atoms with van der Waals surface area (Å²) in [4.78, 5) is 29.5. The fraction of sp³-hybridized carbons (Fsp3) is 0.167.